The number of aryl methyl sites for hydroxylation is 1. The number of nitrogens with one attached hydrogen (secondary N) is 2. The molecule has 0 fully saturated rings. The predicted octanol–water partition coefficient (Wildman–Crippen LogP) is 4.00. The molecule has 0 aromatic carbocycles. The molecule has 10 heteroatoms. The van der Waals surface area contributed by atoms with Crippen LogP contribution >= 0.6 is 0 Å². The van der Waals surface area contributed by atoms with E-state index in [1.807, 2.05) is 56.3 Å². The lowest BCUT2D eigenvalue weighted by Crippen LogP contribution is -2.19. The summed E-state index contributed by atoms with van der Waals surface area (Å²) >= 11 is 0. The number of fused-ring (bicyclic) bond motifs is 2. The van der Waals surface area contributed by atoms with E-state index >= 15 is 0 Å². The highest BCUT2D eigenvalue weighted by molar-refractivity contribution is 5.97. The van der Waals surface area contributed by atoms with E-state index in [1.54, 1.807) is 18.7 Å². The van der Waals surface area contributed by atoms with E-state index < -0.39 is 0 Å². The molecule has 0 atom stereocenters. The Morgan fingerprint density at radius 3 is 2.72 bits per heavy atom. The molecule has 6 aromatic heterocycles. The van der Waals surface area contributed by atoms with Crippen LogP contribution in [0, 0.1) is 6.92 Å². The molecule has 6 heterocycles. The Morgan fingerprint density at radius 1 is 1.00 bits per heavy atom. The Bertz CT molecular complexity index is 1680. The van der Waals surface area contributed by atoms with Crippen LogP contribution in [-0.4, -0.2) is 71.8 Å². The molecular weight excluding hydrogens is 454 g/mol. The molecule has 10 nitrogen and oxygen atoms in total. The lowest BCUT2D eigenvalue weighted by atomic mass is 10.1. The van der Waals surface area contributed by atoms with Gasteiger partial charge >= 0.3 is 0 Å². The van der Waals surface area contributed by atoms with Crippen LogP contribution in [0.25, 0.3) is 50.3 Å². The first-order valence-electron chi connectivity index (χ1n) is 11.6. The average Bonchev–Trinajstić information content (AvgIpc) is 3.61. The summed E-state index contributed by atoms with van der Waals surface area (Å²) in [6.07, 6.45) is 10.9. The van der Waals surface area contributed by atoms with Crippen LogP contribution < -0.4 is 4.74 Å². The van der Waals surface area contributed by atoms with Crippen LogP contribution in [0.2, 0.25) is 0 Å². The van der Waals surface area contributed by atoms with E-state index in [0.29, 0.717) is 12.3 Å². The number of aromatic amines is 2. The van der Waals surface area contributed by atoms with Gasteiger partial charge in [-0.2, -0.15) is 5.10 Å². The first-order chi connectivity index (χ1) is 17.5. The van der Waals surface area contributed by atoms with Gasteiger partial charge in [-0.05, 0) is 45.3 Å². The van der Waals surface area contributed by atoms with Gasteiger partial charge in [-0.3, -0.25) is 14.6 Å². The van der Waals surface area contributed by atoms with Crippen molar-refractivity contribution in [3.63, 3.8) is 0 Å². The highest BCUT2D eigenvalue weighted by Crippen LogP contribution is 2.32. The van der Waals surface area contributed by atoms with E-state index in [1.165, 1.54) is 0 Å². The molecular formula is C26H25N9O. The van der Waals surface area contributed by atoms with Crippen LogP contribution in [0.1, 0.15) is 5.69 Å². The summed E-state index contributed by atoms with van der Waals surface area (Å²) in [4.78, 5) is 23.4. The Labute approximate surface area is 207 Å². The van der Waals surface area contributed by atoms with Gasteiger partial charge in [0.15, 0.2) is 5.65 Å². The topological polar surface area (TPSA) is 113 Å². The zero-order chi connectivity index (χ0) is 24.6. The predicted molar refractivity (Wildman–Crippen MR) is 138 cm³/mol. The van der Waals surface area contributed by atoms with E-state index in [0.717, 1.165) is 62.6 Å². The third-order valence-corrected chi connectivity index (χ3v) is 6.02. The minimum absolute atomic E-state index is 0.594. The summed E-state index contributed by atoms with van der Waals surface area (Å²) in [5.41, 5.74) is 6.17. The first-order valence-corrected chi connectivity index (χ1v) is 11.6. The van der Waals surface area contributed by atoms with Crippen molar-refractivity contribution >= 4 is 21.9 Å². The summed E-state index contributed by atoms with van der Waals surface area (Å²) in [6, 6.07) is 8.10. The summed E-state index contributed by atoms with van der Waals surface area (Å²) in [5.74, 6) is 1.54. The third-order valence-electron chi connectivity index (χ3n) is 6.02. The number of likely N-dealkylation sites (N-methyl/N-ethyl adjacent to an activating group) is 1. The number of hydrogen-bond acceptors (Lipinski definition) is 7. The number of rotatable bonds is 7. The van der Waals surface area contributed by atoms with Crippen LogP contribution in [0.4, 0.5) is 0 Å². The minimum atomic E-state index is 0.594. The number of hydrogen-bond donors (Lipinski definition) is 2. The molecule has 2 N–H and O–H groups in total. The molecule has 0 aliphatic heterocycles. The summed E-state index contributed by atoms with van der Waals surface area (Å²) in [5, 5.41) is 9.48. The van der Waals surface area contributed by atoms with Crippen molar-refractivity contribution in [3.05, 3.63) is 67.3 Å². The van der Waals surface area contributed by atoms with Crippen molar-refractivity contribution < 1.29 is 4.74 Å². The van der Waals surface area contributed by atoms with Crippen LogP contribution in [0.15, 0.2) is 61.6 Å². The second-order valence-electron chi connectivity index (χ2n) is 8.96. The summed E-state index contributed by atoms with van der Waals surface area (Å²) in [7, 11) is 4.04. The normalized spacial score (nSPS) is 11.7. The van der Waals surface area contributed by atoms with Gasteiger partial charge in [0.25, 0.3) is 0 Å². The second kappa shape index (κ2) is 8.90. The first kappa shape index (κ1) is 21.9. The number of ether oxygens (including phenoxy) is 1. The van der Waals surface area contributed by atoms with E-state index in [2.05, 4.69) is 52.1 Å². The molecule has 0 aliphatic carbocycles. The molecule has 0 aliphatic rings. The fourth-order valence-corrected chi connectivity index (χ4v) is 4.18. The van der Waals surface area contributed by atoms with Gasteiger partial charge in [-0.15, -0.1) is 0 Å². The monoisotopic (exact) mass is 479 g/mol. The maximum atomic E-state index is 5.87. The molecule has 0 spiro atoms. The van der Waals surface area contributed by atoms with Gasteiger partial charge in [0.2, 0.25) is 0 Å². The van der Waals surface area contributed by atoms with Crippen LogP contribution in [0.3, 0.4) is 0 Å². The standard InChI is InChI=1S/C26H25N9O/c1-16-14-35(15-30-16)26-20-10-23(31-22(20)4-5-28-26)24-21-9-18(12-29-25(21)33-32-24)17-8-19(13-27-11-17)36-7-6-34(2)3/h4-5,8-15,31H,6-7H2,1-3H3,(H,29,32,33). The van der Waals surface area contributed by atoms with Crippen LogP contribution in [-0.2, 0) is 0 Å². The SMILES string of the molecule is Cc1cn(-c2nccc3[nH]c(-c4[nH]nc5ncc(-c6cncc(OCCN(C)C)c6)cc45)cc23)cn1. The number of pyridine rings is 3. The molecule has 0 bridgehead atoms. The molecule has 0 saturated carbocycles. The highest BCUT2D eigenvalue weighted by Gasteiger charge is 2.15. The molecule has 180 valence electrons. The fourth-order valence-electron chi connectivity index (χ4n) is 4.18. The maximum absolute atomic E-state index is 5.87. The molecule has 6 rings (SSSR count). The summed E-state index contributed by atoms with van der Waals surface area (Å²) in [6.45, 7) is 3.39. The molecule has 0 amide bonds. The van der Waals surface area contributed by atoms with Gasteiger partial charge in [-0.1, -0.05) is 0 Å². The second-order valence-corrected chi connectivity index (χ2v) is 8.96. The van der Waals surface area contributed by atoms with Crippen molar-refractivity contribution in [3.8, 4) is 34.1 Å². The average molecular weight is 480 g/mol. The summed E-state index contributed by atoms with van der Waals surface area (Å²) < 4.78 is 7.80. The smallest absolute Gasteiger partial charge is 0.181 e. The molecule has 0 saturated heterocycles. The molecule has 6 aromatic rings. The quantitative estimate of drug-likeness (QED) is 0.356. The van der Waals surface area contributed by atoms with Crippen molar-refractivity contribution in [2.24, 2.45) is 0 Å². The molecule has 0 radical (unpaired) electrons. The highest BCUT2D eigenvalue weighted by atomic mass is 16.5. The van der Waals surface area contributed by atoms with Gasteiger partial charge in [0.05, 0.1) is 28.8 Å². The van der Waals surface area contributed by atoms with Gasteiger partial charge < -0.3 is 14.6 Å². The zero-order valence-corrected chi connectivity index (χ0v) is 20.2. The Kier molecular flexibility index (Phi) is 5.42. The van der Waals surface area contributed by atoms with Gasteiger partial charge in [0.1, 0.15) is 24.5 Å². The number of H-pyrrole nitrogens is 2. The maximum Gasteiger partial charge on any atom is 0.181 e. The largest absolute Gasteiger partial charge is 0.491 e. The van der Waals surface area contributed by atoms with Crippen molar-refractivity contribution in [1.82, 2.24) is 44.6 Å². The van der Waals surface area contributed by atoms with Gasteiger partial charge in [-0.25, -0.2) is 15.0 Å². The van der Waals surface area contributed by atoms with Gasteiger partial charge in [0, 0.05) is 53.2 Å². The minimum Gasteiger partial charge on any atom is -0.491 e. The van der Waals surface area contributed by atoms with Crippen LogP contribution in [0.5, 0.6) is 5.75 Å². The van der Waals surface area contributed by atoms with Crippen molar-refractivity contribution in [2.45, 2.75) is 6.92 Å². The fraction of sp³-hybridized carbons (Fsp3) is 0.192. The number of imidazole rings is 1. The van der Waals surface area contributed by atoms with E-state index in [-0.39, 0.29) is 0 Å². The zero-order valence-electron chi connectivity index (χ0n) is 20.2. The van der Waals surface area contributed by atoms with Crippen molar-refractivity contribution in [2.75, 3.05) is 27.2 Å². The molecule has 36 heavy (non-hydrogen) atoms. The van der Waals surface area contributed by atoms with E-state index in [4.69, 9.17) is 4.74 Å². The lowest BCUT2D eigenvalue weighted by molar-refractivity contribution is 0.261. The number of nitrogens with zero attached hydrogens (tertiary/aromatic N) is 7. The van der Waals surface area contributed by atoms with E-state index in [9.17, 15) is 0 Å². The third kappa shape index (κ3) is 4.07. The molecule has 0 unspecified atom stereocenters. The van der Waals surface area contributed by atoms with Crippen molar-refractivity contribution in [1.29, 1.82) is 0 Å². The Morgan fingerprint density at radius 2 is 1.89 bits per heavy atom. The Balaban J connectivity index is 1.37. The number of aromatic nitrogens is 8. The Hall–Kier alpha value is -4.57. The lowest BCUT2D eigenvalue weighted by Gasteiger charge is -2.11.